The average molecular weight is 472 g/mol. The molecule has 176 valence electrons. The van der Waals surface area contributed by atoms with Gasteiger partial charge in [0.05, 0.1) is 23.8 Å². The van der Waals surface area contributed by atoms with Crippen molar-refractivity contribution in [1.29, 1.82) is 0 Å². The molecular weight excluding hydrogens is 451 g/mol. The number of carbonyl (C=O) groups excluding carboxylic acids is 2. The maximum absolute atomic E-state index is 13.5. The van der Waals surface area contributed by atoms with Crippen molar-refractivity contribution in [3.8, 4) is 22.8 Å². The molecule has 1 fully saturated rings. The van der Waals surface area contributed by atoms with Gasteiger partial charge in [-0.15, -0.1) is 0 Å². The fraction of sp³-hybridized carbons (Fsp3) is 0.160. The number of hydrogen-bond acceptors (Lipinski definition) is 6. The summed E-state index contributed by atoms with van der Waals surface area (Å²) in [5.74, 6) is -0.390. The second-order valence-corrected chi connectivity index (χ2v) is 8.30. The van der Waals surface area contributed by atoms with Gasteiger partial charge in [-0.25, -0.2) is 9.37 Å². The third kappa shape index (κ3) is 4.33. The Balaban J connectivity index is 1.42. The summed E-state index contributed by atoms with van der Waals surface area (Å²) in [4.78, 5) is 35.4. The van der Waals surface area contributed by atoms with Crippen LogP contribution in [0.1, 0.15) is 12.8 Å². The molecule has 0 bridgehead atoms. The lowest BCUT2D eigenvalue weighted by Gasteiger charge is -2.25. The number of hydrogen-bond donors (Lipinski definition) is 1. The summed E-state index contributed by atoms with van der Waals surface area (Å²) in [6, 6.07) is 12.1. The second-order valence-electron chi connectivity index (χ2n) is 8.30. The van der Waals surface area contributed by atoms with E-state index < -0.39 is 23.0 Å². The van der Waals surface area contributed by atoms with E-state index in [1.54, 1.807) is 41.3 Å². The first-order valence-electron chi connectivity index (χ1n) is 10.8. The number of primary amides is 1. The molecule has 0 spiro atoms. The normalized spacial score (nSPS) is 13.8. The highest BCUT2D eigenvalue weighted by atomic mass is 19.1. The monoisotopic (exact) mass is 472 g/mol. The predicted molar refractivity (Wildman–Crippen MR) is 125 cm³/mol. The van der Waals surface area contributed by atoms with Gasteiger partial charge in [0.25, 0.3) is 0 Å². The van der Waals surface area contributed by atoms with Crippen LogP contribution in [-0.2, 0) is 16.6 Å². The van der Waals surface area contributed by atoms with Gasteiger partial charge in [0, 0.05) is 31.1 Å². The minimum atomic E-state index is -1.27. The fourth-order valence-corrected chi connectivity index (χ4v) is 3.74. The van der Waals surface area contributed by atoms with Gasteiger partial charge in [-0.2, -0.15) is 5.10 Å². The van der Waals surface area contributed by atoms with Crippen LogP contribution < -0.4 is 15.4 Å². The Morgan fingerprint density at radius 2 is 1.83 bits per heavy atom. The Morgan fingerprint density at radius 1 is 1.06 bits per heavy atom. The van der Waals surface area contributed by atoms with E-state index >= 15 is 0 Å². The molecule has 1 aliphatic rings. The molecule has 35 heavy (non-hydrogen) atoms. The smallest absolute Gasteiger partial charge is 0.248 e. The lowest BCUT2D eigenvalue weighted by Crippen LogP contribution is -2.41. The number of nitrogens with two attached hydrogens (primary N) is 1. The Bertz CT molecular complexity index is 1400. The molecule has 10 heteroatoms. The highest BCUT2D eigenvalue weighted by molar-refractivity contribution is 6.16. The Labute approximate surface area is 200 Å². The third-order valence-corrected chi connectivity index (χ3v) is 5.84. The van der Waals surface area contributed by atoms with Gasteiger partial charge in [0.15, 0.2) is 0 Å². The summed E-state index contributed by atoms with van der Waals surface area (Å²) < 4.78 is 21.1. The number of halogens is 1. The van der Waals surface area contributed by atoms with Crippen molar-refractivity contribution < 1.29 is 18.7 Å². The molecule has 0 saturated heterocycles. The minimum absolute atomic E-state index is 0.257. The number of pyridine rings is 2. The Kier molecular flexibility index (Phi) is 5.48. The molecule has 0 unspecified atom stereocenters. The van der Waals surface area contributed by atoms with E-state index in [4.69, 9.17) is 10.5 Å². The molecule has 0 aliphatic heterocycles. The Morgan fingerprint density at radius 3 is 2.43 bits per heavy atom. The van der Waals surface area contributed by atoms with Gasteiger partial charge < -0.3 is 10.5 Å². The van der Waals surface area contributed by atoms with Crippen molar-refractivity contribution in [2.75, 3.05) is 4.90 Å². The van der Waals surface area contributed by atoms with Crippen LogP contribution in [0.4, 0.5) is 15.9 Å². The molecule has 3 heterocycles. The zero-order valence-electron chi connectivity index (χ0n) is 18.8. The first-order valence-corrected chi connectivity index (χ1v) is 10.8. The number of aryl methyl sites for hydroxylation is 1. The van der Waals surface area contributed by atoms with Crippen LogP contribution in [-0.4, -0.2) is 31.6 Å². The number of benzene rings is 1. The number of anilines is 2. The lowest BCUT2D eigenvalue weighted by atomic mass is 10.0. The molecule has 0 atom stereocenters. The average Bonchev–Trinajstić information content (AvgIpc) is 3.57. The summed E-state index contributed by atoms with van der Waals surface area (Å²) in [6.45, 7) is 0. The number of rotatable bonds is 7. The van der Waals surface area contributed by atoms with Crippen LogP contribution in [0.15, 0.2) is 73.3 Å². The molecule has 5 rings (SSSR count). The summed E-state index contributed by atoms with van der Waals surface area (Å²) >= 11 is 0. The summed E-state index contributed by atoms with van der Waals surface area (Å²) in [5, 5.41) is 4.15. The van der Waals surface area contributed by atoms with E-state index in [-0.39, 0.29) is 5.82 Å². The molecule has 9 nitrogen and oxygen atoms in total. The maximum atomic E-state index is 13.5. The molecule has 2 amide bonds. The number of ether oxygens (including phenoxy) is 1. The van der Waals surface area contributed by atoms with E-state index in [2.05, 4.69) is 15.1 Å². The van der Waals surface area contributed by atoms with E-state index in [0.29, 0.717) is 35.7 Å². The zero-order chi connectivity index (χ0) is 24.6. The van der Waals surface area contributed by atoms with Gasteiger partial charge in [0.2, 0.25) is 11.8 Å². The largest absolute Gasteiger partial charge is 0.456 e. The van der Waals surface area contributed by atoms with Crippen molar-refractivity contribution in [3.05, 3.63) is 79.1 Å². The molecule has 1 aliphatic carbocycles. The van der Waals surface area contributed by atoms with Gasteiger partial charge in [-0.1, -0.05) is 0 Å². The van der Waals surface area contributed by atoms with Crippen molar-refractivity contribution >= 4 is 23.3 Å². The molecule has 3 aromatic heterocycles. The quantitative estimate of drug-likeness (QED) is 0.410. The third-order valence-electron chi connectivity index (χ3n) is 5.84. The Hall–Kier alpha value is -4.60. The molecule has 2 N–H and O–H groups in total. The number of aromatic nitrogens is 4. The standard InChI is InChI=1S/C25H21FN6O3/c1-31-15-16(13-30-31)21-12-19(8-11-28-21)35-20-6-7-22(29-14-20)32(18-4-2-17(26)3-5-18)24(34)25(9-10-25)23(27)33/h2-8,11-15H,9-10H2,1H3,(H2,27,33). The van der Waals surface area contributed by atoms with Gasteiger partial charge in [0.1, 0.15) is 28.5 Å². The number of carbonyl (C=O) groups is 2. The number of nitrogens with zero attached hydrogens (tertiary/aromatic N) is 5. The first-order chi connectivity index (χ1) is 16.9. The van der Waals surface area contributed by atoms with Crippen LogP contribution >= 0.6 is 0 Å². The van der Waals surface area contributed by atoms with E-state index in [9.17, 15) is 14.0 Å². The van der Waals surface area contributed by atoms with Crippen LogP contribution in [0, 0.1) is 11.2 Å². The molecule has 4 aromatic rings. The van der Waals surface area contributed by atoms with E-state index in [0.717, 1.165) is 5.56 Å². The van der Waals surface area contributed by atoms with E-state index in [1.807, 2.05) is 13.2 Å². The summed E-state index contributed by atoms with van der Waals surface area (Å²) in [5.41, 5.74) is 6.18. The predicted octanol–water partition coefficient (Wildman–Crippen LogP) is 3.74. The number of amides is 2. The summed E-state index contributed by atoms with van der Waals surface area (Å²) in [7, 11) is 1.82. The highest BCUT2D eigenvalue weighted by Gasteiger charge is 2.57. The summed E-state index contributed by atoms with van der Waals surface area (Å²) in [6.07, 6.45) is 7.38. The van der Waals surface area contributed by atoms with Crippen LogP contribution in [0.3, 0.4) is 0 Å². The topological polar surface area (TPSA) is 116 Å². The first kappa shape index (κ1) is 22.2. The van der Waals surface area contributed by atoms with Crippen LogP contribution in [0.25, 0.3) is 11.3 Å². The van der Waals surface area contributed by atoms with Crippen LogP contribution in [0.2, 0.25) is 0 Å². The van der Waals surface area contributed by atoms with Crippen molar-refractivity contribution in [3.63, 3.8) is 0 Å². The fourth-order valence-electron chi connectivity index (χ4n) is 3.74. The van der Waals surface area contributed by atoms with Gasteiger partial charge >= 0.3 is 0 Å². The lowest BCUT2D eigenvalue weighted by molar-refractivity contribution is -0.133. The SMILES string of the molecule is Cn1cc(-c2cc(Oc3ccc(N(C(=O)C4(C(N)=O)CC4)c4ccc(F)cc4)nc3)ccn2)cn1. The van der Waals surface area contributed by atoms with Crippen molar-refractivity contribution in [2.45, 2.75) is 12.8 Å². The minimum Gasteiger partial charge on any atom is -0.456 e. The van der Waals surface area contributed by atoms with Crippen LogP contribution in [0.5, 0.6) is 11.5 Å². The molecule has 0 radical (unpaired) electrons. The zero-order valence-corrected chi connectivity index (χ0v) is 18.8. The molecule has 1 saturated carbocycles. The van der Waals surface area contributed by atoms with E-state index in [1.165, 1.54) is 35.4 Å². The van der Waals surface area contributed by atoms with Gasteiger partial charge in [-0.3, -0.25) is 24.2 Å². The second kappa shape index (κ2) is 8.64. The van der Waals surface area contributed by atoms with Crippen molar-refractivity contribution in [1.82, 2.24) is 19.7 Å². The molecular formula is C25H21FN6O3. The van der Waals surface area contributed by atoms with Gasteiger partial charge in [-0.05, 0) is 55.3 Å². The molecule has 1 aromatic carbocycles. The van der Waals surface area contributed by atoms with Crippen molar-refractivity contribution in [2.24, 2.45) is 18.2 Å². The highest BCUT2D eigenvalue weighted by Crippen LogP contribution is 2.48. The maximum Gasteiger partial charge on any atom is 0.248 e.